The van der Waals surface area contributed by atoms with Crippen molar-refractivity contribution in [1.82, 2.24) is 10.1 Å². The number of aliphatic hydroxyl groups excluding tert-OH is 1. The number of rotatable bonds is 9. The Bertz CT molecular complexity index is 972. The van der Waals surface area contributed by atoms with Crippen molar-refractivity contribution in [2.75, 3.05) is 32.7 Å². The van der Waals surface area contributed by atoms with Gasteiger partial charge in [0, 0.05) is 18.3 Å². The molecule has 0 fully saturated rings. The molecular weight excluding hydrogens is 378 g/mol. The summed E-state index contributed by atoms with van der Waals surface area (Å²) in [7, 11) is 3.09. The number of carbonyl (C=O) groups excluding carboxylic acids is 1. The van der Waals surface area contributed by atoms with E-state index in [9.17, 15) is 4.79 Å². The lowest BCUT2D eigenvalue weighted by molar-refractivity contribution is 0.0431. The van der Waals surface area contributed by atoms with Gasteiger partial charge in [0.2, 0.25) is 5.82 Å². The summed E-state index contributed by atoms with van der Waals surface area (Å²) in [4.78, 5) is 16.7. The van der Waals surface area contributed by atoms with Gasteiger partial charge in [0.25, 0.3) is 5.89 Å². The molecular formula is C20H21N3O6. The van der Waals surface area contributed by atoms with Crippen molar-refractivity contribution in [2.24, 2.45) is 0 Å². The van der Waals surface area contributed by atoms with Gasteiger partial charge < -0.3 is 29.2 Å². The third kappa shape index (κ3) is 4.82. The number of benzene rings is 2. The van der Waals surface area contributed by atoms with E-state index in [4.69, 9.17) is 23.8 Å². The van der Waals surface area contributed by atoms with E-state index >= 15 is 0 Å². The standard InChI is InChI=1S/C20H21N3O6/c1-26-13-7-8-15(17(11-13)27-2)19-22-18(29-23-19)12-28-20(25)14-5-3-4-6-16(14)21-9-10-24/h3-8,11,21,24H,9-10,12H2,1-2H3. The summed E-state index contributed by atoms with van der Waals surface area (Å²) in [6, 6.07) is 12.1. The van der Waals surface area contributed by atoms with Crippen molar-refractivity contribution in [1.29, 1.82) is 0 Å². The maximum absolute atomic E-state index is 12.4. The van der Waals surface area contributed by atoms with Gasteiger partial charge in [-0.25, -0.2) is 4.79 Å². The highest BCUT2D eigenvalue weighted by Gasteiger charge is 2.17. The first kappa shape index (κ1) is 20.2. The number of carbonyl (C=O) groups is 1. The Balaban J connectivity index is 1.69. The Morgan fingerprint density at radius 3 is 2.76 bits per heavy atom. The van der Waals surface area contributed by atoms with E-state index < -0.39 is 5.97 Å². The van der Waals surface area contributed by atoms with Gasteiger partial charge in [-0.05, 0) is 24.3 Å². The van der Waals surface area contributed by atoms with Gasteiger partial charge in [-0.3, -0.25) is 0 Å². The lowest BCUT2D eigenvalue weighted by Crippen LogP contribution is -2.12. The van der Waals surface area contributed by atoms with Crippen LogP contribution in [-0.2, 0) is 11.3 Å². The summed E-state index contributed by atoms with van der Waals surface area (Å²) in [6.07, 6.45) is 0. The second-order valence-electron chi connectivity index (χ2n) is 5.85. The topological polar surface area (TPSA) is 116 Å². The minimum Gasteiger partial charge on any atom is -0.497 e. The van der Waals surface area contributed by atoms with E-state index in [0.29, 0.717) is 40.7 Å². The summed E-state index contributed by atoms with van der Waals surface area (Å²) in [6.45, 7) is 0.0859. The molecule has 0 aliphatic heterocycles. The van der Waals surface area contributed by atoms with Crippen molar-refractivity contribution >= 4 is 11.7 Å². The zero-order valence-electron chi connectivity index (χ0n) is 16.0. The molecule has 0 aliphatic carbocycles. The molecule has 0 saturated carbocycles. The van der Waals surface area contributed by atoms with Crippen LogP contribution in [0, 0.1) is 0 Å². The van der Waals surface area contributed by atoms with E-state index in [-0.39, 0.29) is 19.1 Å². The molecule has 2 N–H and O–H groups in total. The van der Waals surface area contributed by atoms with Crippen molar-refractivity contribution < 1.29 is 28.6 Å². The molecule has 0 atom stereocenters. The molecule has 9 nitrogen and oxygen atoms in total. The van der Waals surface area contributed by atoms with Gasteiger partial charge in [0.15, 0.2) is 6.61 Å². The Labute approximate surface area is 167 Å². The smallest absolute Gasteiger partial charge is 0.340 e. The van der Waals surface area contributed by atoms with Crippen LogP contribution >= 0.6 is 0 Å². The summed E-state index contributed by atoms with van der Waals surface area (Å²) in [5, 5.41) is 15.8. The Kier molecular flexibility index (Phi) is 6.64. The van der Waals surface area contributed by atoms with Crippen molar-refractivity contribution in [3.63, 3.8) is 0 Å². The van der Waals surface area contributed by atoms with E-state index in [2.05, 4.69) is 15.5 Å². The molecule has 0 radical (unpaired) electrons. The highest BCUT2D eigenvalue weighted by atomic mass is 16.6. The second kappa shape index (κ2) is 9.56. The number of nitrogens with one attached hydrogen (secondary N) is 1. The lowest BCUT2D eigenvalue weighted by Gasteiger charge is -2.10. The number of esters is 1. The summed E-state index contributed by atoms with van der Waals surface area (Å²) in [5.74, 6) is 1.06. The van der Waals surface area contributed by atoms with Crippen molar-refractivity contribution in [3.05, 3.63) is 53.9 Å². The van der Waals surface area contributed by atoms with Gasteiger partial charge in [-0.15, -0.1) is 0 Å². The number of ether oxygens (including phenoxy) is 3. The van der Waals surface area contributed by atoms with E-state index in [1.54, 1.807) is 49.6 Å². The quantitative estimate of drug-likeness (QED) is 0.524. The van der Waals surface area contributed by atoms with Gasteiger partial charge in [-0.2, -0.15) is 4.98 Å². The first-order chi connectivity index (χ1) is 14.2. The highest BCUT2D eigenvalue weighted by Crippen LogP contribution is 2.31. The first-order valence-corrected chi connectivity index (χ1v) is 8.82. The molecule has 0 amide bonds. The molecule has 3 rings (SSSR count). The third-order valence-electron chi connectivity index (χ3n) is 4.02. The Morgan fingerprint density at radius 2 is 2.00 bits per heavy atom. The fourth-order valence-electron chi connectivity index (χ4n) is 2.62. The van der Waals surface area contributed by atoms with Crippen LogP contribution in [0.25, 0.3) is 11.4 Å². The minimum atomic E-state index is -0.548. The van der Waals surface area contributed by atoms with Crippen LogP contribution in [0.5, 0.6) is 11.5 Å². The third-order valence-corrected chi connectivity index (χ3v) is 4.02. The molecule has 0 spiro atoms. The van der Waals surface area contributed by atoms with Crippen LogP contribution in [0.3, 0.4) is 0 Å². The number of aliphatic hydroxyl groups is 1. The Hall–Kier alpha value is -3.59. The maximum Gasteiger partial charge on any atom is 0.340 e. The summed E-state index contributed by atoms with van der Waals surface area (Å²) in [5.41, 5.74) is 1.53. The van der Waals surface area contributed by atoms with Gasteiger partial charge in [0.05, 0.1) is 32.0 Å². The molecule has 0 aliphatic rings. The zero-order valence-corrected chi connectivity index (χ0v) is 16.0. The molecule has 2 aromatic carbocycles. The van der Waals surface area contributed by atoms with Crippen LogP contribution in [0.4, 0.5) is 5.69 Å². The molecule has 0 bridgehead atoms. The number of para-hydroxylation sites is 1. The molecule has 1 aromatic heterocycles. The normalized spacial score (nSPS) is 10.4. The minimum absolute atomic E-state index is 0.0526. The van der Waals surface area contributed by atoms with E-state index in [1.807, 2.05) is 0 Å². The summed E-state index contributed by atoms with van der Waals surface area (Å²) < 4.78 is 21.0. The Morgan fingerprint density at radius 1 is 1.17 bits per heavy atom. The average Bonchev–Trinajstić information content (AvgIpc) is 3.24. The fourth-order valence-corrected chi connectivity index (χ4v) is 2.62. The van der Waals surface area contributed by atoms with Crippen LogP contribution < -0.4 is 14.8 Å². The fraction of sp³-hybridized carbons (Fsp3) is 0.250. The number of aromatic nitrogens is 2. The maximum atomic E-state index is 12.4. The van der Waals surface area contributed by atoms with Gasteiger partial charge in [0.1, 0.15) is 11.5 Å². The van der Waals surface area contributed by atoms with Crippen LogP contribution in [0.1, 0.15) is 16.2 Å². The van der Waals surface area contributed by atoms with Crippen molar-refractivity contribution in [3.8, 4) is 22.9 Å². The number of hydrogen-bond donors (Lipinski definition) is 2. The number of methoxy groups -OCH3 is 2. The predicted octanol–water partition coefficient (Wildman–Crippen LogP) is 2.52. The molecule has 9 heteroatoms. The van der Waals surface area contributed by atoms with Gasteiger partial charge >= 0.3 is 5.97 Å². The molecule has 29 heavy (non-hydrogen) atoms. The second-order valence-corrected chi connectivity index (χ2v) is 5.85. The number of nitrogens with zero attached hydrogens (tertiary/aromatic N) is 2. The molecule has 1 heterocycles. The van der Waals surface area contributed by atoms with Gasteiger partial charge in [-0.1, -0.05) is 17.3 Å². The first-order valence-electron chi connectivity index (χ1n) is 8.82. The predicted molar refractivity (Wildman–Crippen MR) is 104 cm³/mol. The average molecular weight is 399 g/mol. The largest absolute Gasteiger partial charge is 0.497 e. The van der Waals surface area contributed by atoms with Crippen molar-refractivity contribution in [2.45, 2.75) is 6.61 Å². The molecule has 152 valence electrons. The number of anilines is 1. The van der Waals surface area contributed by atoms with Crippen LogP contribution in [0.15, 0.2) is 47.0 Å². The molecule has 3 aromatic rings. The molecule has 0 saturated heterocycles. The summed E-state index contributed by atoms with van der Waals surface area (Å²) >= 11 is 0. The van der Waals surface area contributed by atoms with Crippen LogP contribution in [-0.4, -0.2) is 48.6 Å². The SMILES string of the molecule is COc1ccc(-c2noc(COC(=O)c3ccccc3NCCO)n2)c(OC)c1. The van der Waals surface area contributed by atoms with Crippen LogP contribution in [0.2, 0.25) is 0 Å². The zero-order chi connectivity index (χ0) is 20.6. The monoisotopic (exact) mass is 399 g/mol. The molecule has 0 unspecified atom stereocenters. The number of hydrogen-bond acceptors (Lipinski definition) is 9. The highest BCUT2D eigenvalue weighted by molar-refractivity contribution is 5.95. The van der Waals surface area contributed by atoms with E-state index in [1.165, 1.54) is 7.11 Å². The van der Waals surface area contributed by atoms with E-state index in [0.717, 1.165) is 0 Å². The lowest BCUT2D eigenvalue weighted by atomic mass is 10.2.